The summed E-state index contributed by atoms with van der Waals surface area (Å²) in [4.78, 5) is 14.6. The van der Waals surface area contributed by atoms with Gasteiger partial charge in [-0.1, -0.05) is 13.3 Å². The second-order valence-electron chi connectivity index (χ2n) is 5.93. The minimum atomic E-state index is 0.192. The van der Waals surface area contributed by atoms with Gasteiger partial charge in [0.1, 0.15) is 0 Å². The lowest BCUT2D eigenvalue weighted by molar-refractivity contribution is -0.125. The Bertz CT molecular complexity index is 277. The molecular weight excluding hydrogens is 238 g/mol. The molecule has 2 aliphatic heterocycles. The van der Waals surface area contributed by atoms with Crippen LogP contribution in [0, 0.1) is 5.92 Å². The maximum Gasteiger partial charge on any atom is 0.224 e. The van der Waals surface area contributed by atoms with Gasteiger partial charge in [0.25, 0.3) is 0 Å². The monoisotopic (exact) mass is 267 g/mol. The first-order valence-electron chi connectivity index (χ1n) is 8.03. The summed E-state index contributed by atoms with van der Waals surface area (Å²) in [6, 6.07) is 0.738. The van der Waals surface area contributed by atoms with Crippen LogP contribution in [-0.4, -0.2) is 49.6 Å². The van der Waals surface area contributed by atoms with Crippen molar-refractivity contribution >= 4 is 5.91 Å². The Morgan fingerprint density at radius 1 is 1.32 bits per heavy atom. The highest BCUT2D eigenvalue weighted by molar-refractivity contribution is 5.78. The molecule has 2 atom stereocenters. The molecule has 19 heavy (non-hydrogen) atoms. The van der Waals surface area contributed by atoms with Gasteiger partial charge >= 0.3 is 0 Å². The summed E-state index contributed by atoms with van der Waals surface area (Å²) in [6.07, 6.45) is 7.42. The molecule has 2 rings (SSSR count). The predicted molar refractivity (Wildman–Crippen MR) is 78.1 cm³/mol. The maximum absolute atomic E-state index is 12.0. The zero-order chi connectivity index (χ0) is 13.5. The fourth-order valence-corrected chi connectivity index (χ4v) is 3.36. The molecule has 0 spiro atoms. The van der Waals surface area contributed by atoms with Gasteiger partial charge in [0, 0.05) is 25.7 Å². The van der Waals surface area contributed by atoms with Crippen molar-refractivity contribution in [2.75, 3.05) is 32.7 Å². The standard InChI is InChI=1S/C15H29N3O/c1-2-14-7-3-4-10-18(14)11-9-17-15(19)13-6-5-8-16-12-13/h13-14,16H,2-12H2,1H3,(H,17,19). The summed E-state index contributed by atoms with van der Waals surface area (Å²) >= 11 is 0. The second-order valence-corrected chi connectivity index (χ2v) is 5.93. The average molecular weight is 267 g/mol. The molecular formula is C15H29N3O. The Kier molecular flexibility index (Phi) is 6.11. The zero-order valence-corrected chi connectivity index (χ0v) is 12.3. The lowest BCUT2D eigenvalue weighted by atomic mass is 9.98. The lowest BCUT2D eigenvalue weighted by Crippen LogP contribution is -2.46. The molecule has 0 radical (unpaired) electrons. The van der Waals surface area contributed by atoms with Gasteiger partial charge in [-0.2, -0.15) is 0 Å². The number of hydrogen-bond acceptors (Lipinski definition) is 3. The van der Waals surface area contributed by atoms with E-state index in [0.717, 1.165) is 45.1 Å². The average Bonchev–Trinajstić information content (AvgIpc) is 2.48. The molecule has 0 bridgehead atoms. The van der Waals surface area contributed by atoms with E-state index in [1.165, 1.54) is 32.2 Å². The van der Waals surface area contributed by atoms with Gasteiger partial charge in [-0.05, 0) is 45.2 Å². The van der Waals surface area contributed by atoms with Gasteiger partial charge in [-0.15, -0.1) is 0 Å². The van der Waals surface area contributed by atoms with Crippen LogP contribution in [0.4, 0.5) is 0 Å². The summed E-state index contributed by atoms with van der Waals surface area (Å²) in [5, 5.41) is 6.42. The number of piperidine rings is 2. The minimum absolute atomic E-state index is 0.192. The first-order chi connectivity index (χ1) is 9.31. The molecule has 0 aromatic carbocycles. The maximum atomic E-state index is 12.0. The molecule has 0 aromatic heterocycles. The molecule has 2 unspecified atom stereocenters. The summed E-state index contributed by atoms with van der Waals surface area (Å²) in [6.45, 7) is 7.23. The zero-order valence-electron chi connectivity index (χ0n) is 12.3. The van der Waals surface area contributed by atoms with Crippen molar-refractivity contribution in [2.45, 2.75) is 51.5 Å². The minimum Gasteiger partial charge on any atom is -0.355 e. The highest BCUT2D eigenvalue weighted by Crippen LogP contribution is 2.18. The van der Waals surface area contributed by atoms with Gasteiger partial charge in [0.2, 0.25) is 5.91 Å². The van der Waals surface area contributed by atoms with Crippen LogP contribution in [-0.2, 0) is 4.79 Å². The Morgan fingerprint density at radius 3 is 2.95 bits per heavy atom. The van der Waals surface area contributed by atoms with Gasteiger partial charge in [-0.3, -0.25) is 9.69 Å². The fourth-order valence-electron chi connectivity index (χ4n) is 3.36. The summed E-state index contributed by atoms with van der Waals surface area (Å²) in [7, 11) is 0. The molecule has 2 aliphatic rings. The molecule has 110 valence electrons. The van der Waals surface area contributed by atoms with E-state index < -0.39 is 0 Å². The van der Waals surface area contributed by atoms with Gasteiger partial charge < -0.3 is 10.6 Å². The lowest BCUT2D eigenvalue weighted by Gasteiger charge is -2.35. The highest BCUT2D eigenvalue weighted by atomic mass is 16.1. The van der Waals surface area contributed by atoms with Crippen molar-refractivity contribution in [1.82, 2.24) is 15.5 Å². The third kappa shape index (κ3) is 4.46. The number of likely N-dealkylation sites (tertiary alicyclic amines) is 1. The number of carbonyl (C=O) groups is 1. The van der Waals surface area contributed by atoms with Crippen LogP contribution in [0.25, 0.3) is 0 Å². The Labute approximate surface area is 117 Å². The van der Waals surface area contributed by atoms with E-state index in [-0.39, 0.29) is 11.8 Å². The highest BCUT2D eigenvalue weighted by Gasteiger charge is 2.22. The Balaban J connectivity index is 1.65. The molecule has 0 aliphatic carbocycles. The van der Waals surface area contributed by atoms with Crippen LogP contribution in [0.3, 0.4) is 0 Å². The molecule has 4 heteroatoms. The normalized spacial score (nSPS) is 29.1. The number of nitrogens with zero attached hydrogens (tertiary/aromatic N) is 1. The molecule has 0 saturated carbocycles. The van der Waals surface area contributed by atoms with Crippen LogP contribution in [0.5, 0.6) is 0 Å². The van der Waals surface area contributed by atoms with Crippen LogP contribution in [0.2, 0.25) is 0 Å². The van der Waals surface area contributed by atoms with E-state index in [0.29, 0.717) is 0 Å². The molecule has 2 heterocycles. The quantitative estimate of drug-likeness (QED) is 0.791. The van der Waals surface area contributed by atoms with Crippen LogP contribution in [0.15, 0.2) is 0 Å². The van der Waals surface area contributed by atoms with Crippen molar-refractivity contribution in [3.05, 3.63) is 0 Å². The van der Waals surface area contributed by atoms with Crippen molar-refractivity contribution in [3.63, 3.8) is 0 Å². The summed E-state index contributed by atoms with van der Waals surface area (Å²) in [5.41, 5.74) is 0. The van der Waals surface area contributed by atoms with Gasteiger partial charge in [0.15, 0.2) is 0 Å². The van der Waals surface area contributed by atoms with E-state index in [1.54, 1.807) is 0 Å². The number of carbonyl (C=O) groups excluding carboxylic acids is 1. The van der Waals surface area contributed by atoms with Gasteiger partial charge in [0.05, 0.1) is 5.92 Å². The summed E-state index contributed by atoms with van der Waals surface area (Å²) in [5.74, 6) is 0.439. The van der Waals surface area contributed by atoms with Crippen LogP contribution in [0.1, 0.15) is 45.4 Å². The van der Waals surface area contributed by atoms with Gasteiger partial charge in [-0.25, -0.2) is 0 Å². The molecule has 1 amide bonds. The third-order valence-corrected chi connectivity index (χ3v) is 4.59. The molecule has 2 fully saturated rings. The Morgan fingerprint density at radius 2 is 2.21 bits per heavy atom. The number of amides is 1. The first kappa shape index (κ1) is 14.8. The van der Waals surface area contributed by atoms with Crippen molar-refractivity contribution < 1.29 is 4.79 Å². The van der Waals surface area contributed by atoms with E-state index in [4.69, 9.17) is 0 Å². The van der Waals surface area contributed by atoms with Crippen LogP contribution >= 0.6 is 0 Å². The van der Waals surface area contributed by atoms with E-state index in [9.17, 15) is 4.79 Å². The number of nitrogens with one attached hydrogen (secondary N) is 2. The smallest absolute Gasteiger partial charge is 0.224 e. The SMILES string of the molecule is CCC1CCCCN1CCNC(=O)C1CCCNC1. The Hall–Kier alpha value is -0.610. The van der Waals surface area contributed by atoms with E-state index >= 15 is 0 Å². The predicted octanol–water partition coefficient (Wildman–Crippen LogP) is 1.37. The first-order valence-corrected chi connectivity index (χ1v) is 8.03. The molecule has 0 aromatic rings. The summed E-state index contributed by atoms with van der Waals surface area (Å²) < 4.78 is 0. The fraction of sp³-hybridized carbons (Fsp3) is 0.933. The largest absolute Gasteiger partial charge is 0.355 e. The number of rotatable bonds is 5. The topological polar surface area (TPSA) is 44.4 Å². The van der Waals surface area contributed by atoms with E-state index in [1.807, 2.05) is 0 Å². The van der Waals surface area contributed by atoms with Crippen molar-refractivity contribution in [1.29, 1.82) is 0 Å². The number of hydrogen-bond donors (Lipinski definition) is 2. The van der Waals surface area contributed by atoms with Crippen LogP contribution < -0.4 is 10.6 Å². The van der Waals surface area contributed by atoms with E-state index in [2.05, 4.69) is 22.5 Å². The third-order valence-electron chi connectivity index (χ3n) is 4.59. The second kappa shape index (κ2) is 7.85. The molecule has 2 N–H and O–H groups in total. The molecule has 4 nitrogen and oxygen atoms in total. The van der Waals surface area contributed by atoms with Crippen molar-refractivity contribution in [2.24, 2.45) is 5.92 Å². The van der Waals surface area contributed by atoms with Crippen molar-refractivity contribution in [3.8, 4) is 0 Å². The molecule has 2 saturated heterocycles.